The van der Waals surface area contributed by atoms with Crippen molar-refractivity contribution >= 4 is 11.6 Å². The molecule has 0 amide bonds. The molecule has 0 heterocycles. The molecule has 3 rings (SSSR count). The summed E-state index contributed by atoms with van der Waals surface area (Å²) in [6, 6.07) is 0. The van der Waals surface area contributed by atoms with Crippen LogP contribution in [0, 0.1) is 29.1 Å². The number of carbonyl (C=O) groups excluding carboxylic acids is 2. The third-order valence-electron chi connectivity index (χ3n) is 7.59. The van der Waals surface area contributed by atoms with Gasteiger partial charge in [0.25, 0.3) is 0 Å². The molecule has 0 bridgehead atoms. The van der Waals surface area contributed by atoms with Gasteiger partial charge >= 0.3 is 0 Å². The van der Waals surface area contributed by atoms with E-state index < -0.39 is 40.4 Å². The highest BCUT2D eigenvalue weighted by atomic mass is 16.4. The summed E-state index contributed by atoms with van der Waals surface area (Å²) in [4.78, 5) is 25.6. The second-order valence-corrected chi connectivity index (χ2v) is 9.22. The third-order valence-corrected chi connectivity index (χ3v) is 7.59. The van der Waals surface area contributed by atoms with Gasteiger partial charge in [0.05, 0.1) is 5.92 Å². The molecule has 0 radical (unpaired) electrons. The van der Waals surface area contributed by atoms with Crippen LogP contribution in [-0.4, -0.2) is 38.1 Å². The van der Waals surface area contributed by atoms with Gasteiger partial charge in [0.15, 0.2) is 17.2 Å². The maximum atomic E-state index is 12.9. The fourth-order valence-corrected chi connectivity index (χ4v) is 5.83. The first-order chi connectivity index (χ1) is 11.9. The van der Waals surface area contributed by atoms with Crippen LogP contribution in [0.3, 0.4) is 0 Å². The Morgan fingerprint density at radius 3 is 2.42 bits per heavy atom. The lowest BCUT2D eigenvalue weighted by molar-refractivity contribution is -0.155. The molecule has 0 aliphatic heterocycles. The summed E-state index contributed by atoms with van der Waals surface area (Å²) in [6.45, 7) is 13.5. The predicted octanol–water partition coefficient (Wildman–Crippen LogP) is 2.72. The van der Waals surface area contributed by atoms with Crippen molar-refractivity contribution in [3.8, 4) is 0 Å². The van der Waals surface area contributed by atoms with Crippen molar-refractivity contribution in [3.05, 3.63) is 23.5 Å². The quantitative estimate of drug-likeness (QED) is 0.528. The number of allylic oxidation sites excluding steroid dienone is 2. The molecular weight excluding hydrogens is 332 g/mol. The van der Waals surface area contributed by atoms with Crippen molar-refractivity contribution in [2.75, 3.05) is 0 Å². The first-order valence-electron chi connectivity index (χ1n) is 9.47. The van der Waals surface area contributed by atoms with Crippen molar-refractivity contribution < 1.29 is 24.9 Å². The Labute approximate surface area is 154 Å². The summed E-state index contributed by atoms with van der Waals surface area (Å²) in [7, 11) is 0. The molecule has 3 aliphatic rings. The summed E-state index contributed by atoms with van der Waals surface area (Å²) in [5.74, 6) is -3.40. The summed E-state index contributed by atoms with van der Waals surface area (Å²) in [6.07, 6.45) is 1.00. The first kappa shape index (κ1) is 19.3. The third kappa shape index (κ3) is 1.99. The van der Waals surface area contributed by atoms with Crippen molar-refractivity contribution in [3.63, 3.8) is 0 Å². The van der Waals surface area contributed by atoms with Gasteiger partial charge < -0.3 is 15.3 Å². The van der Waals surface area contributed by atoms with Gasteiger partial charge in [-0.2, -0.15) is 0 Å². The molecule has 0 aromatic carbocycles. The summed E-state index contributed by atoms with van der Waals surface area (Å²) >= 11 is 0. The molecule has 0 aromatic heterocycles. The Balaban J connectivity index is 2.13. The average molecular weight is 362 g/mol. The fraction of sp³-hybridized carbons (Fsp3) is 0.714. The highest BCUT2D eigenvalue weighted by Gasteiger charge is 2.77. The number of hydrogen-bond donors (Lipinski definition) is 3. The molecular formula is C21H30O5. The van der Waals surface area contributed by atoms with E-state index in [1.54, 1.807) is 6.92 Å². The number of carbonyl (C=O) groups is 2. The number of aliphatic hydroxyl groups is 3. The number of aliphatic hydroxyl groups excluding tert-OH is 1. The van der Waals surface area contributed by atoms with E-state index >= 15 is 0 Å². The van der Waals surface area contributed by atoms with Gasteiger partial charge in [0, 0.05) is 5.92 Å². The second-order valence-electron chi connectivity index (χ2n) is 9.22. The fourth-order valence-electron chi connectivity index (χ4n) is 5.83. The number of hydrogen-bond acceptors (Lipinski definition) is 5. The summed E-state index contributed by atoms with van der Waals surface area (Å²) in [5.41, 5.74) is -3.52. The molecule has 0 saturated heterocycles. The van der Waals surface area contributed by atoms with Crippen LogP contribution in [0.5, 0.6) is 0 Å². The predicted molar refractivity (Wildman–Crippen MR) is 97.3 cm³/mol. The van der Waals surface area contributed by atoms with Crippen molar-refractivity contribution in [1.29, 1.82) is 0 Å². The van der Waals surface area contributed by atoms with Gasteiger partial charge in [-0.1, -0.05) is 39.8 Å². The first-order valence-corrected chi connectivity index (χ1v) is 9.47. The van der Waals surface area contributed by atoms with Crippen LogP contribution < -0.4 is 0 Å². The van der Waals surface area contributed by atoms with Gasteiger partial charge in [0.2, 0.25) is 0 Å². The second kappa shape index (κ2) is 5.52. The maximum Gasteiger partial charge on any atom is 0.176 e. The van der Waals surface area contributed by atoms with Gasteiger partial charge in [-0.3, -0.25) is 9.59 Å². The molecule has 2 saturated carbocycles. The van der Waals surface area contributed by atoms with Gasteiger partial charge in [-0.05, 0) is 43.4 Å². The Morgan fingerprint density at radius 2 is 1.92 bits per heavy atom. The smallest absolute Gasteiger partial charge is 0.176 e. The SMILES string of the molecule is C=C(C)[C@H]1C[C@]2(O)[C@@H](C[C@@H]3C(=O)C(C(=O)C(C)CC)=C(O)[C@@]32O)C1(C)C. The number of ketones is 2. The van der Waals surface area contributed by atoms with Gasteiger partial charge in [0.1, 0.15) is 16.9 Å². The molecule has 5 heteroatoms. The monoisotopic (exact) mass is 362 g/mol. The summed E-state index contributed by atoms with van der Waals surface area (Å²) in [5, 5.41) is 33.8. The Bertz CT molecular complexity index is 733. The normalized spacial score (nSPS) is 42.0. The van der Waals surface area contributed by atoms with Crippen LogP contribution in [0.2, 0.25) is 0 Å². The van der Waals surface area contributed by atoms with E-state index in [2.05, 4.69) is 6.58 Å². The highest BCUT2D eigenvalue weighted by Crippen LogP contribution is 2.69. The van der Waals surface area contributed by atoms with Crippen LogP contribution in [0.15, 0.2) is 23.5 Å². The minimum Gasteiger partial charge on any atom is -0.508 e. The molecule has 26 heavy (non-hydrogen) atoms. The Morgan fingerprint density at radius 1 is 1.35 bits per heavy atom. The Kier molecular flexibility index (Phi) is 4.10. The van der Waals surface area contributed by atoms with E-state index in [1.165, 1.54) is 0 Å². The zero-order valence-electron chi connectivity index (χ0n) is 16.3. The Hall–Kier alpha value is -1.46. The van der Waals surface area contributed by atoms with E-state index in [9.17, 15) is 24.9 Å². The zero-order valence-corrected chi connectivity index (χ0v) is 16.3. The van der Waals surface area contributed by atoms with Crippen LogP contribution in [0.4, 0.5) is 0 Å². The maximum absolute atomic E-state index is 12.9. The number of Topliss-reactive ketones (excluding diaryl/α,β-unsaturated/α-hetero) is 2. The topological polar surface area (TPSA) is 94.8 Å². The minimum absolute atomic E-state index is 0.0420. The number of fused-ring (bicyclic) bond motifs is 3. The number of rotatable bonds is 4. The van der Waals surface area contributed by atoms with Crippen LogP contribution in [0.1, 0.15) is 53.9 Å². The standard InChI is InChI=1S/C21H30O5/c1-7-11(4)16(22)15-17(23)12-8-14-19(5,6)13(10(2)3)9-20(14,25)21(12,26)18(15)24/h11-14,24-26H,2,7-9H2,1,3-6H3/t11?,12-,13-,14+,20+,21+/m1/s1. The minimum atomic E-state index is -2.09. The largest absolute Gasteiger partial charge is 0.508 e. The molecule has 5 nitrogen and oxygen atoms in total. The molecule has 6 atom stereocenters. The molecule has 2 fully saturated rings. The lowest BCUT2D eigenvalue weighted by atomic mass is 9.71. The van der Waals surface area contributed by atoms with Crippen molar-refractivity contribution in [2.45, 2.75) is 65.1 Å². The van der Waals surface area contributed by atoms with Crippen molar-refractivity contribution in [2.24, 2.45) is 29.1 Å². The molecule has 3 aliphatic carbocycles. The lowest BCUT2D eigenvalue weighted by Gasteiger charge is -2.38. The van der Waals surface area contributed by atoms with E-state index in [0.29, 0.717) is 6.42 Å². The van der Waals surface area contributed by atoms with E-state index in [4.69, 9.17) is 0 Å². The molecule has 0 spiro atoms. The lowest BCUT2D eigenvalue weighted by Crippen LogP contribution is -2.55. The zero-order chi connectivity index (χ0) is 19.8. The summed E-state index contributed by atoms with van der Waals surface area (Å²) < 4.78 is 0. The van der Waals surface area contributed by atoms with E-state index in [0.717, 1.165) is 5.57 Å². The van der Waals surface area contributed by atoms with E-state index in [-0.39, 0.29) is 35.7 Å². The van der Waals surface area contributed by atoms with Crippen LogP contribution in [0.25, 0.3) is 0 Å². The highest BCUT2D eigenvalue weighted by molar-refractivity contribution is 6.24. The van der Waals surface area contributed by atoms with Gasteiger partial charge in [-0.25, -0.2) is 0 Å². The van der Waals surface area contributed by atoms with Gasteiger partial charge in [-0.15, -0.1) is 0 Å². The molecule has 1 unspecified atom stereocenters. The van der Waals surface area contributed by atoms with E-state index in [1.807, 2.05) is 27.7 Å². The van der Waals surface area contributed by atoms with Crippen molar-refractivity contribution in [1.82, 2.24) is 0 Å². The molecule has 0 aromatic rings. The average Bonchev–Trinajstić information content (AvgIpc) is 3.01. The van der Waals surface area contributed by atoms with Crippen LogP contribution in [-0.2, 0) is 9.59 Å². The molecule has 144 valence electrons. The van der Waals surface area contributed by atoms with Crippen LogP contribution >= 0.6 is 0 Å². The molecule has 3 N–H and O–H groups in total.